The standard InChI is InChI=1S/C12H16ClN3O3/c1-8(17)9-2-4-15(5-3-9)12-11(16(18)19)6-10(13)7-14-12/h6-9,17H,2-5H2,1H3. The molecule has 0 aliphatic carbocycles. The number of nitrogens with zero attached hydrogens (tertiary/aromatic N) is 3. The topological polar surface area (TPSA) is 79.5 Å². The Hall–Kier alpha value is -1.40. The van der Waals surface area contributed by atoms with Gasteiger partial charge in [0.05, 0.1) is 16.0 Å². The van der Waals surface area contributed by atoms with Gasteiger partial charge < -0.3 is 10.0 Å². The molecule has 0 saturated carbocycles. The van der Waals surface area contributed by atoms with E-state index in [9.17, 15) is 15.2 Å². The quantitative estimate of drug-likeness (QED) is 0.680. The Balaban J connectivity index is 2.17. The van der Waals surface area contributed by atoms with Gasteiger partial charge in [-0.1, -0.05) is 11.6 Å². The van der Waals surface area contributed by atoms with Gasteiger partial charge in [0.25, 0.3) is 0 Å². The maximum Gasteiger partial charge on any atom is 0.313 e. The Morgan fingerprint density at radius 1 is 1.58 bits per heavy atom. The molecule has 1 atom stereocenters. The molecule has 7 heteroatoms. The summed E-state index contributed by atoms with van der Waals surface area (Å²) < 4.78 is 0. The molecule has 1 aliphatic rings. The number of piperidine rings is 1. The summed E-state index contributed by atoms with van der Waals surface area (Å²) in [5.41, 5.74) is -0.0667. The maximum atomic E-state index is 11.0. The van der Waals surface area contributed by atoms with Crippen LogP contribution in [0.2, 0.25) is 5.02 Å². The van der Waals surface area contributed by atoms with E-state index in [-0.39, 0.29) is 22.7 Å². The summed E-state index contributed by atoms with van der Waals surface area (Å²) in [6.07, 6.45) is 2.69. The van der Waals surface area contributed by atoms with E-state index in [2.05, 4.69) is 4.98 Å². The second-order valence-corrected chi connectivity index (χ2v) is 5.25. The van der Waals surface area contributed by atoms with Crippen LogP contribution in [-0.4, -0.2) is 34.2 Å². The van der Waals surface area contributed by atoms with E-state index in [1.807, 2.05) is 4.90 Å². The van der Waals surface area contributed by atoms with E-state index < -0.39 is 4.92 Å². The summed E-state index contributed by atoms with van der Waals surface area (Å²) in [5, 5.41) is 20.8. The van der Waals surface area contributed by atoms with Gasteiger partial charge >= 0.3 is 5.69 Å². The van der Waals surface area contributed by atoms with Gasteiger partial charge in [0.1, 0.15) is 0 Å². The smallest absolute Gasteiger partial charge is 0.313 e. The van der Waals surface area contributed by atoms with E-state index in [1.54, 1.807) is 6.92 Å². The van der Waals surface area contributed by atoms with Gasteiger partial charge in [-0.3, -0.25) is 10.1 Å². The minimum atomic E-state index is -0.463. The molecular weight excluding hydrogens is 270 g/mol. The van der Waals surface area contributed by atoms with Gasteiger partial charge in [-0.2, -0.15) is 0 Å². The van der Waals surface area contributed by atoms with Crippen molar-refractivity contribution in [2.24, 2.45) is 5.92 Å². The van der Waals surface area contributed by atoms with E-state index in [0.717, 1.165) is 12.8 Å². The molecule has 6 nitrogen and oxygen atoms in total. The summed E-state index contributed by atoms with van der Waals surface area (Å²) in [6, 6.07) is 1.32. The number of nitro groups is 1. The van der Waals surface area contributed by atoms with Crippen LogP contribution in [0.4, 0.5) is 11.5 Å². The number of halogens is 1. The number of aromatic nitrogens is 1. The molecule has 0 aromatic carbocycles. The van der Waals surface area contributed by atoms with Crippen molar-refractivity contribution in [3.63, 3.8) is 0 Å². The highest BCUT2D eigenvalue weighted by molar-refractivity contribution is 6.30. The largest absolute Gasteiger partial charge is 0.393 e. The van der Waals surface area contributed by atoms with Gasteiger partial charge in [-0.25, -0.2) is 4.98 Å². The van der Waals surface area contributed by atoms with Crippen LogP contribution < -0.4 is 4.90 Å². The summed E-state index contributed by atoms with van der Waals surface area (Å²) in [6.45, 7) is 3.10. The van der Waals surface area contributed by atoms with Crippen LogP contribution >= 0.6 is 11.6 Å². The average molecular weight is 286 g/mol. The molecule has 104 valence electrons. The number of pyridine rings is 1. The average Bonchev–Trinajstić information content (AvgIpc) is 2.38. The highest BCUT2D eigenvalue weighted by Gasteiger charge is 2.27. The first kappa shape index (κ1) is 14.0. The third kappa shape index (κ3) is 3.13. The summed E-state index contributed by atoms with van der Waals surface area (Å²) >= 11 is 5.75. The molecule has 1 unspecified atom stereocenters. The predicted molar refractivity (Wildman–Crippen MR) is 72.5 cm³/mol. The highest BCUT2D eigenvalue weighted by atomic mass is 35.5. The van der Waals surface area contributed by atoms with Crippen LogP contribution in [0.15, 0.2) is 12.3 Å². The number of aliphatic hydroxyl groups is 1. The maximum absolute atomic E-state index is 11.0. The van der Waals surface area contributed by atoms with E-state index in [0.29, 0.717) is 18.9 Å². The first-order valence-electron chi connectivity index (χ1n) is 6.22. The molecule has 1 aliphatic heterocycles. The van der Waals surface area contributed by atoms with Crippen LogP contribution in [0.1, 0.15) is 19.8 Å². The Labute approximate surface area is 116 Å². The molecule has 0 radical (unpaired) electrons. The third-order valence-electron chi connectivity index (χ3n) is 3.53. The summed E-state index contributed by atoms with van der Waals surface area (Å²) in [5.74, 6) is 0.612. The molecule has 1 saturated heterocycles. The van der Waals surface area contributed by atoms with Gasteiger partial charge in [0, 0.05) is 25.4 Å². The second kappa shape index (κ2) is 5.71. The zero-order chi connectivity index (χ0) is 14.0. The molecule has 0 bridgehead atoms. The van der Waals surface area contributed by atoms with Crippen molar-refractivity contribution >= 4 is 23.1 Å². The Kier molecular flexibility index (Phi) is 4.21. The minimum absolute atomic E-state index is 0.0667. The first-order chi connectivity index (χ1) is 8.99. The SMILES string of the molecule is CC(O)C1CCN(c2ncc(Cl)cc2[N+](=O)[O-])CC1. The van der Waals surface area contributed by atoms with Crippen LogP contribution in [0.3, 0.4) is 0 Å². The zero-order valence-electron chi connectivity index (χ0n) is 10.6. The van der Waals surface area contributed by atoms with Crippen molar-refractivity contribution in [2.45, 2.75) is 25.9 Å². The van der Waals surface area contributed by atoms with Gasteiger partial charge in [0.2, 0.25) is 5.82 Å². The molecule has 2 rings (SSSR count). The van der Waals surface area contributed by atoms with Gasteiger partial charge in [-0.15, -0.1) is 0 Å². The van der Waals surface area contributed by atoms with E-state index in [4.69, 9.17) is 11.6 Å². The van der Waals surface area contributed by atoms with Crippen LogP contribution in [0.25, 0.3) is 0 Å². The fourth-order valence-corrected chi connectivity index (χ4v) is 2.55. The number of anilines is 1. The Bertz CT molecular complexity index is 473. The normalized spacial score (nSPS) is 18.4. The zero-order valence-corrected chi connectivity index (χ0v) is 11.4. The number of hydrogen-bond acceptors (Lipinski definition) is 5. The molecule has 1 aromatic heterocycles. The van der Waals surface area contributed by atoms with Crippen LogP contribution in [0, 0.1) is 16.0 Å². The molecule has 1 fully saturated rings. The molecule has 0 spiro atoms. The fourth-order valence-electron chi connectivity index (χ4n) is 2.39. The van der Waals surface area contributed by atoms with Crippen molar-refractivity contribution in [3.8, 4) is 0 Å². The predicted octanol–water partition coefficient (Wildman–Crippen LogP) is 2.24. The lowest BCUT2D eigenvalue weighted by Gasteiger charge is -2.33. The number of aliphatic hydroxyl groups excluding tert-OH is 1. The van der Waals surface area contributed by atoms with Crippen molar-refractivity contribution in [2.75, 3.05) is 18.0 Å². The first-order valence-corrected chi connectivity index (χ1v) is 6.59. The van der Waals surface area contributed by atoms with Gasteiger partial charge in [0.15, 0.2) is 0 Å². The van der Waals surface area contributed by atoms with Crippen LogP contribution in [-0.2, 0) is 0 Å². The van der Waals surface area contributed by atoms with Gasteiger partial charge in [-0.05, 0) is 25.7 Å². The van der Waals surface area contributed by atoms with E-state index in [1.165, 1.54) is 12.3 Å². The molecule has 0 amide bonds. The second-order valence-electron chi connectivity index (χ2n) is 4.82. The van der Waals surface area contributed by atoms with Crippen molar-refractivity contribution in [3.05, 3.63) is 27.4 Å². The lowest BCUT2D eigenvalue weighted by Crippen LogP contribution is -2.37. The van der Waals surface area contributed by atoms with E-state index >= 15 is 0 Å². The minimum Gasteiger partial charge on any atom is -0.393 e. The monoisotopic (exact) mass is 285 g/mol. The summed E-state index contributed by atoms with van der Waals surface area (Å²) in [7, 11) is 0. The molecule has 19 heavy (non-hydrogen) atoms. The highest BCUT2D eigenvalue weighted by Crippen LogP contribution is 2.31. The Morgan fingerprint density at radius 2 is 2.21 bits per heavy atom. The number of rotatable bonds is 3. The van der Waals surface area contributed by atoms with Crippen LogP contribution in [0.5, 0.6) is 0 Å². The summed E-state index contributed by atoms with van der Waals surface area (Å²) in [4.78, 5) is 16.5. The van der Waals surface area contributed by atoms with Crippen molar-refractivity contribution < 1.29 is 10.0 Å². The number of hydrogen-bond donors (Lipinski definition) is 1. The lowest BCUT2D eigenvalue weighted by atomic mass is 9.92. The fraction of sp³-hybridized carbons (Fsp3) is 0.583. The molecule has 1 aromatic rings. The third-order valence-corrected chi connectivity index (χ3v) is 3.74. The molecule has 1 N–H and O–H groups in total. The lowest BCUT2D eigenvalue weighted by molar-refractivity contribution is -0.384. The molecule has 2 heterocycles. The van der Waals surface area contributed by atoms with Crippen molar-refractivity contribution in [1.29, 1.82) is 0 Å². The molecular formula is C12H16ClN3O3. The Morgan fingerprint density at radius 3 is 2.74 bits per heavy atom. The van der Waals surface area contributed by atoms with Crippen molar-refractivity contribution in [1.82, 2.24) is 4.98 Å².